The Labute approximate surface area is 156 Å². The molecular weight excluding hydrogens is 522 g/mol. The van der Waals surface area contributed by atoms with Crippen LogP contribution in [0.5, 0.6) is 0 Å². The van der Waals surface area contributed by atoms with E-state index in [0.29, 0.717) is 0 Å². The molecule has 0 aromatic carbocycles. The summed E-state index contributed by atoms with van der Waals surface area (Å²) in [5.41, 5.74) is 0. The normalized spacial score (nSPS) is 16.3. The van der Waals surface area contributed by atoms with Crippen LogP contribution in [0, 0.1) is 0 Å². The molecule has 30 heavy (non-hydrogen) atoms. The van der Waals surface area contributed by atoms with Crippen molar-refractivity contribution in [3.05, 3.63) is 0 Å². The zero-order valence-corrected chi connectivity index (χ0v) is 14.8. The summed E-state index contributed by atoms with van der Waals surface area (Å²) in [7, 11) is -15.6. The van der Waals surface area contributed by atoms with E-state index in [1.165, 1.54) is 0 Å². The number of hydrogen-bond donors (Lipinski definition) is 0. The molecule has 0 atom stereocenters. The molecule has 0 heterocycles. The molecule has 0 N–H and O–H groups in total. The Balaban J connectivity index is 6.25. The monoisotopic (exact) mass is 526 g/mol. The molecule has 0 spiro atoms. The lowest BCUT2D eigenvalue weighted by Crippen LogP contribution is -2.61. The molecule has 0 rings (SSSR count). The van der Waals surface area contributed by atoms with Crippen molar-refractivity contribution in [1.82, 2.24) is 0 Å². The van der Waals surface area contributed by atoms with Gasteiger partial charge in [0, 0.05) is 0 Å². The molecule has 0 aromatic rings. The van der Waals surface area contributed by atoms with Crippen LogP contribution >= 0.6 is 0 Å². The smallest absolute Gasteiger partial charge is 0.234 e. The SMILES string of the molecule is CC(OS(=O)(=O)C(F)(C(F)(F)F)C(F)(F)F)OS(=O)(=O)C(F)(C(F)(F)F)C(F)(F)F. The summed E-state index contributed by atoms with van der Waals surface area (Å²) in [5.74, 6) is 0. The van der Waals surface area contributed by atoms with Gasteiger partial charge in [-0.05, 0) is 6.92 Å². The molecule has 0 fully saturated rings. The Morgan fingerprint density at radius 2 is 0.667 bits per heavy atom. The molecule has 0 radical (unpaired) electrons. The van der Waals surface area contributed by atoms with E-state index in [0.717, 1.165) is 0 Å². The van der Waals surface area contributed by atoms with Gasteiger partial charge >= 0.3 is 54.9 Å². The molecule has 0 amide bonds. The summed E-state index contributed by atoms with van der Waals surface area (Å²) in [5, 5.41) is -14.7. The lowest BCUT2D eigenvalue weighted by atomic mass is 10.3. The van der Waals surface area contributed by atoms with E-state index in [2.05, 4.69) is 8.37 Å². The van der Waals surface area contributed by atoms with Crippen molar-refractivity contribution in [2.75, 3.05) is 0 Å². The van der Waals surface area contributed by atoms with E-state index in [-0.39, 0.29) is 0 Å². The van der Waals surface area contributed by atoms with Crippen molar-refractivity contribution in [3.63, 3.8) is 0 Å². The van der Waals surface area contributed by atoms with E-state index in [1.807, 2.05) is 0 Å². The topological polar surface area (TPSA) is 86.7 Å². The van der Waals surface area contributed by atoms with Gasteiger partial charge in [-0.25, -0.2) is 17.1 Å². The van der Waals surface area contributed by atoms with Crippen molar-refractivity contribution in [2.24, 2.45) is 0 Å². The fourth-order valence-electron chi connectivity index (χ4n) is 1.39. The molecule has 0 unspecified atom stereocenters. The zero-order valence-electron chi connectivity index (χ0n) is 13.1. The first-order valence-electron chi connectivity index (χ1n) is 6.10. The number of rotatable bonds is 6. The van der Waals surface area contributed by atoms with Crippen LogP contribution in [0.1, 0.15) is 6.92 Å². The summed E-state index contributed by atoms with van der Waals surface area (Å²) in [6, 6.07) is 0. The predicted octanol–water partition coefficient (Wildman–Crippen LogP) is 3.61. The Morgan fingerprint density at radius 1 is 0.500 bits per heavy atom. The van der Waals surface area contributed by atoms with Gasteiger partial charge in [-0.2, -0.15) is 69.5 Å². The summed E-state index contributed by atoms with van der Waals surface area (Å²) in [6.45, 7) is -0.491. The van der Waals surface area contributed by atoms with E-state index < -0.39 is 68.2 Å². The van der Waals surface area contributed by atoms with Crippen molar-refractivity contribution in [1.29, 1.82) is 0 Å². The summed E-state index contributed by atoms with van der Waals surface area (Å²) < 4.78 is 224. The number of alkyl halides is 14. The lowest BCUT2D eigenvalue weighted by molar-refractivity contribution is -0.309. The Bertz CT molecular complexity index is 734. The molecule has 0 saturated carbocycles. The maximum absolute atomic E-state index is 13.4. The zero-order chi connectivity index (χ0) is 25.0. The van der Waals surface area contributed by atoms with Crippen molar-refractivity contribution in [2.45, 2.75) is 47.9 Å². The second-order valence-electron chi connectivity index (χ2n) is 4.85. The average molecular weight is 526 g/mol. The van der Waals surface area contributed by atoms with Gasteiger partial charge in [0.05, 0.1) is 0 Å². The second-order valence-corrected chi connectivity index (χ2v) is 8.18. The fraction of sp³-hybridized carbons (Fsp3) is 1.00. The number of hydrogen-bond acceptors (Lipinski definition) is 6. The standard InChI is InChI=1S/C8H4F14O6S2/c1-2(27-29(23,24)3(9,5(11,12)13)6(14,15)16)28-30(25,26)4(10,7(17,18)19)8(20,21)22/h2H,1H3. The van der Waals surface area contributed by atoms with E-state index in [4.69, 9.17) is 0 Å². The minimum absolute atomic E-state index is 0.491. The predicted molar refractivity (Wildman–Crippen MR) is 61.4 cm³/mol. The molecule has 182 valence electrons. The highest BCUT2D eigenvalue weighted by atomic mass is 32.2. The molecule has 0 aliphatic carbocycles. The molecule has 0 aliphatic rings. The minimum Gasteiger partial charge on any atom is -0.234 e. The molecular formula is C8H4F14O6S2. The van der Waals surface area contributed by atoms with Crippen LogP contribution in [0.4, 0.5) is 61.5 Å². The first-order valence-corrected chi connectivity index (χ1v) is 8.92. The third kappa shape index (κ3) is 4.54. The Morgan fingerprint density at radius 3 is 0.800 bits per heavy atom. The first-order chi connectivity index (χ1) is 12.6. The van der Waals surface area contributed by atoms with Gasteiger partial charge in [0.15, 0.2) is 6.29 Å². The summed E-state index contributed by atoms with van der Waals surface area (Å²) in [4.78, 5) is 0. The van der Waals surface area contributed by atoms with Gasteiger partial charge in [-0.1, -0.05) is 0 Å². The second kappa shape index (κ2) is 7.46. The van der Waals surface area contributed by atoms with Gasteiger partial charge in [0.2, 0.25) is 0 Å². The third-order valence-electron chi connectivity index (χ3n) is 2.67. The van der Waals surface area contributed by atoms with Gasteiger partial charge in [-0.15, -0.1) is 0 Å². The maximum atomic E-state index is 13.4. The van der Waals surface area contributed by atoms with Gasteiger partial charge in [-0.3, -0.25) is 0 Å². The van der Waals surface area contributed by atoms with Gasteiger partial charge in [0.25, 0.3) is 0 Å². The third-order valence-corrected chi connectivity index (χ3v) is 6.02. The maximum Gasteiger partial charge on any atom is 0.449 e. The van der Waals surface area contributed by atoms with Gasteiger partial charge < -0.3 is 0 Å². The van der Waals surface area contributed by atoms with Crippen LogP contribution in [0.15, 0.2) is 0 Å². The number of halogens is 14. The molecule has 0 saturated heterocycles. The summed E-state index contributed by atoms with van der Waals surface area (Å²) in [6.07, 6.45) is -33.6. The highest BCUT2D eigenvalue weighted by Gasteiger charge is 2.83. The van der Waals surface area contributed by atoms with E-state index >= 15 is 0 Å². The average Bonchev–Trinajstić information content (AvgIpc) is 2.38. The molecule has 22 heteroatoms. The highest BCUT2D eigenvalue weighted by Crippen LogP contribution is 2.52. The lowest BCUT2D eigenvalue weighted by Gasteiger charge is -2.31. The minimum atomic E-state index is -7.82. The van der Waals surface area contributed by atoms with E-state index in [1.54, 1.807) is 0 Å². The first kappa shape index (κ1) is 28.8. The highest BCUT2D eigenvalue weighted by molar-refractivity contribution is 7.88. The quantitative estimate of drug-likeness (QED) is 0.299. The summed E-state index contributed by atoms with van der Waals surface area (Å²) >= 11 is 0. The van der Waals surface area contributed by atoms with Crippen LogP contribution in [0.3, 0.4) is 0 Å². The molecule has 0 aliphatic heterocycles. The van der Waals surface area contributed by atoms with Crippen molar-refractivity contribution >= 4 is 20.2 Å². The van der Waals surface area contributed by atoms with Crippen LogP contribution in [-0.2, 0) is 28.6 Å². The van der Waals surface area contributed by atoms with Crippen LogP contribution in [-0.4, -0.2) is 57.8 Å². The largest absolute Gasteiger partial charge is 0.449 e. The molecule has 0 bridgehead atoms. The molecule has 0 aromatic heterocycles. The Hall–Kier alpha value is -1.16. The van der Waals surface area contributed by atoms with Gasteiger partial charge in [0.1, 0.15) is 0 Å². The van der Waals surface area contributed by atoms with Crippen LogP contribution < -0.4 is 0 Å². The Kier molecular flexibility index (Phi) is 7.17. The van der Waals surface area contributed by atoms with Crippen molar-refractivity contribution < 1.29 is 86.7 Å². The van der Waals surface area contributed by atoms with Crippen molar-refractivity contribution in [3.8, 4) is 0 Å². The fourth-order valence-corrected chi connectivity index (χ4v) is 3.63. The van der Waals surface area contributed by atoms with E-state index in [9.17, 15) is 78.3 Å². The van der Waals surface area contributed by atoms with Crippen LogP contribution in [0.25, 0.3) is 0 Å². The van der Waals surface area contributed by atoms with Crippen LogP contribution in [0.2, 0.25) is 0 Å². The molecule has 6 nitrogen and oxygen atoms in total.